The molecule has 4 heteroatoms. The van der Waals surface area contributed by atoms with E-state index in [4.69, 9.17) is 9.47 Å². The lowest BCUT2D eigenvalue weighted by Gasteiger charge is -2.13. The van der Waals surface area contributed by atoms with E-state index in [1.165, 1.54) is 14.0 Å². The zero-order chi connectivity index (χ0) is 12.8. The Labute approximate surface area is 101 Å². The van der Waals surface area contributed by atoms with Crippen molar-refractivity contribution in [1.29, 1.82) is 0 Å². The minimum Gasteiger partial charge on any atom is -0.427 e. The molecule has 0 aliphatic rings. The van der Waals surface area contributed by atoms with Crippen LogP contribution in [-0.2, 0) is 14.3 Å². The molecule has 0 aromatic heterocycles. The van der Waals surface area contributed by atoms with E-state index >= 15 is 0 Å². The second kappa shape index (κ2) is 6.15. The summed E-state index contributed by atoms with van der Waals surface area (Å²) in [5.74, 6) is 0.110. The number of benzene rings is 1. The Bertz CT molecular complexity index is 394. The first-order valence-electron chi connectivity index (χ1n) is 5.42. The number of esters is 1. The predicted molar refractivity (Wildman–Crippen MR) is 62.8 cm³/mol. The standard InChI is InChI=1S/C13H16O4/c1-4-12(15)13(16-3)10-5-7-11(8-6-10)17-9(2)14/h5-8,13H,4H2,1-3H3. The lowest BCUT2D eigenvalue weighted by Crippen LogP contribution is -2.13. The average Bonchev–Trinajstić information content (AvgIpc) is 2.31. The van der Waals surface area contributed by atoms with E-state index in [0.29, 0.717) is 12.2 Å². The Morgan fingerprint density at radius 1 is 1.24 bits per heavy atom. The molecule has 0 radical (unpaired) electrons. The van der Waals surface area contributed by atoms with Crippen molar-refractivity contribution in [3.05, 3.63) is 29.8 Å². The summed E-state index contributed by atoms with van der Waals surface area (Å²) in [6, 6.07) is 6.73. The van der Waals surface area contributed by atoms with E-state index in [-0.39, 0.29) is 11.8 Å². The quantitative estimate of drug-likeness (QED) is 0.581. The normalized spacial score (nSPS) is 11.9. The number of ketones is 1. The molecule has 0 aliphatic heterocycles. The molecule has 0 saturated heterocycles. The van der Waals surface area contributed by atoms with Crippen LogP contribution in [-0.4, -0.2) is 18.9 Å². The molecule has 0 aliphatic carbocycles. The molecule has 0 saturated carbocycles. The minimum absolute atomic E-state index is 0.0211. The fraction of sp³-hybridized carbons (Fsp3) is 0.385. The fourth-order valence-corrected chi connectivity index (χ4v) is 1.52. The molecule has 0 N–H and O–H groups in total. The summed E-state index contributed by atoms with van der Waals surface area (Å²) in [6.45, 7) is 3.13. The molecule has 1 aromatic carbocycles. The van der Waals surface area contributed by atoms with Gasteiger partial charge in [-0.05, 0) is 17.7 Å². The minimum atomic E-state index is -0.550. The number of carbonyl (C=O) groups is 2. The molecule has 0 fully saturated rings. The van der Waals surface area contributed by atoms with Crippen molar-refractivity contribution in [1.82, 2.24) is 0 Å². The molecule has 1 unspecified atom stereocenters. The molecule has 1 rings (SSSR count). The van der Waals surface area contributed by atoms with Crippen molar-refractivity contribution < 1.29 is 19.1 Å². The molecule has 4 nitrogen and oxygen atoms in total. The van der Waals surface area contributed by atoms with Gasteiger partial charge in [0.15, 0.2) is 5.78 Å². The van der Waals surface area contributed by atoms with Crippen LogP contribution in [0.5, 0.6) is 5.75 Å². The van der Waals surface area contributed by atoms with Crippen LogP contribution in [0.3, 0.4) is 0 Å². The number of carbonyl (C=O) groups excluding carboxylic acids is 2. The van der Waals surface area contributed by atoms with Crippen molar-refractivity contribution in [2.75, 3.05) is 7.11 Å². The van der Waals surface area contributed by atoms with Crippen molar-refractivity contribution in [2.45, 2.75) is 26.4 Å². The van der Waals surface area contributed by atoms with Gasteiger partial charge in [0.25, 0.3) is 0 Å². The SMILES string of the molecule is CCC(=O)C(OC)c1ccc(OC(C)=O)cc1. The third-order valence-corrected chi connectivity index (χ3v) is 2.32. The van der Waals surface area contributed by atoms with Crippen LogP contribution in [0.15, 0.2) is 24.3 Å². The van der Waals surface area contributed by atoms with E-state index in [0.717, 1.165) is 5.56 Å². The average molecular weight is 236 g/mol. The second-order valence-corrected chi connectivity index (χ2v) is 3.60. The lowest BCUT2D eigenvalue weighted by molar-refractivity contribution is -0.132. The second-order valence-electron chi connectivity index (χ2n) is 3.60. The first-order chi connectivity index (χ1) is 8.08. The summed E-state index contributed by atoms with van der Waals surface area (Å²) >= 11 is 0. The van der Waals surface area contributed by atoms with E-state index in [1.807, 2.05) is 0 Å². The van der Waals surface area contributed by atoms with Gasteiger partial charge in [-0.2, -0.15) is 0 Å². The maximum absolute atomic E-state index is 11.6. The third-order valence-electron chi connectivity index (χ3n) is 2.32. The molecule has 0 spiro atoms. The van der Waals surface area contributed by atoms with E-state index < -0.39 is 6.10 Å². The van der Waals surface area contributed by atoms with Gasteiger partial charge < -0.3 is 9.47 Å². The van der Waals surface area contributed by atoms with Crippen molar-refractivity contribution in [2.24, 2.45) is 0 Å². The number of hydrogen-bond donors (Lipinski definition) is 0. The van der Waals surface area contributed by atoms with Gasteiger partial charge in [0.1, 0.15) is 11.9 Å². The van der Waals surface area contributed by atoms with Gasteiger partial charge in [-0.15, -0.1) is 0 Å². The first kappa shape index (κ1) is 13.4. The smallest absolute Gasteiger partial charge is 0.308 e. The maximum atomic E-state index is 11.6. The van der Waals surface area contributed by atoms with Gasteiger partial charge in [0.2, 0.25) is 0 Å². The lowest BCUT2D eigenvalue weighted by atomic mass is 10.0. The molecule has 1 atom stereocenters. The topological polar surface area (TPSA) is 52.6 Å². The molecule has 0 bridgehead atoms. The molecule has 17 heavy (non-hydrogen) atoms. The summed E-state index contributed by atoms with van der Waals surface area (Å²) in [4.78, 5) is 22.3. The predicted octanol–water partition coefficient (Wildman–Crippen LogP) is 2.28. The van der Waals surface area contributed by atoms with Gasteiger partial charge in [-0.3, -0.25) is 9.59 Å². The van der Waals surface area contributed by atoms with Crippen molar-refractivity contribution >= 4 is 11.8 Å². The zero-order valence-electron chi connectivity index (χ0n) is 10.2. The highest BCUT2D eigenvalue weighted by molar-refractivity contribution is 5.84. The maximum Gasteiger partial charge on any atom is 0.308 e. The van der Waals surface area contributed by atoms with Crippen molar-refractivity contribution in [3.8, 4) is 5.75 Å². The highest BCUT2D eigenvalue weighted by atomic mass is 16.5. The largest absolute Gasteiger partial charge is 0.427 e. The van der Waals surface area contributed by atoms with Crippen LogP contribution in [0.4, 0.5) is 0 Å². The molecular weight excluding hydrogens is 220 g/mol. The number of methoxy groups -OCH3 is 1. The monoisotopic (exact) mass is 236 g/mol. The van der Waals surface area contributed by atoms with Crippen LogP contribution in [0.1, 0.15) is 31.9 Å². The van der Waals surface area contributed by atoms with Gasteiger partial charge >= 0.3 is 5.97 Å². The highest BCUT2D eigenvalue weighted by Crippen LogP contribution is 2.22. The molecule has 0 amide bonds. The van der Waals surface area contributed by atoms with Gasteiger partial charge in [0, 0.05) is 20.5 Å². The Balaban J connectivity index is 2.85. The van der Waals surface area contributed by atoms with E-state index in [2.05, 4.69) is 0 Å². The Morgan fingerprint density at radius 3 is 2.24 bits per heavy atom. The van der Waals surface area contributed by atoms with Crippen LogP contribution < -0.4 is 4.74 Å². The van der Waals surface area contributed by atoms with Gasteiger partial charge in [-0.1, -0.05) is 19.1 Å². The summed E-state index contributed by atoms with van der Waals surface area (Å²) in [6.07, 6.45) is -0.129. The molecular formula is C13H16O4. The van der Waals surface area contributed by atoms with Crippen LogP contribution in [0, 0.1) is 0 Å². The van der Waals surface area contributed by atoms with Crippen LogP contribution in [0.25, 0.3) is 0 Å². The first-order valence-corrected chi connectivity index (χ1v) is 5.42. The number of ether oxygens (including phenoxy) is 2. The van der Waals surface area contributed by atoms with Crippen LogP contribution in [0.2, 0.25) is 0 Å². The number of hydrogen-bond acceptors (Lipinski definition) is 4. The van der Waals surface area contributed by atoms with Crippen LogP contribution >= 0.6 is 0 Å². The fourth-order valence-electron chi connectivity index (χ4n) is 1.52. The third kappa shape index (κ3) is 3.67. The summed E-state index contributed by atoms with van der Waals surface area (Å²) in [7, 11) is 1.50. The molecule has 92 valence electrons. The number of rotatable bonds is 5. The van der Waals surface area contributed by atoms with E-state index in [9.17, 15) is 9.59 Å². The summed E-state index contributed by atoms with van der Waals surface area (Å²) in [5, 5.41) is 0. The Morgan fingerprint density at radius 2 is 1.82 bits per heavy atom. The summed E-state index contributed by atoms with van der Waals surface area (Å²) in [5.41, 5.74) is 0.759. The van der Waals surface area contributed by atoms with Gasteiger partial charge in [0.05, 0.1) is 0 Å². The molecule has 0 heterocycles. The highest BCUT2D eigenvalue weighted by Gasteiger charge is 2.17. The van der Waals surface area contributed by atoms with Gasteiger partial charge in [-0.25, -0.2) is 0 Å². The zero-order valence-corrected chi connectivity index (χ0v) is 10.2. The Hall–Kier alpha value is -1.68. The summed E-state index contributed by atoms with van der Waals surface area (Å²) < 4.78 is 10.1. The van der Waals surface area contributed by atoms with Crippen molar-refractivity contribution in [3.63, 3.8) is 0 Å². The molecule has 1 aromatic rings. The van der Waals surface area contributed by atoms with E-state index in [1.54, 1.807) is 31.2 Å². The number of Topliss-reactive ketones (excluding diaryl/α,β-unsaturated/α-hetero) is 1. The Kier molecular flexibility index (Phi) is 4.84.